The first-order valence-electron chi connectivity index (χ1n) is 11.6. The number of methoxy groups -OCH3 is 1. The molecule has 9 heteroatoms. The number of likely N-dealkylation sites (N-methyl/N-ethyl adjacent to an activating group) is 1. The van der Waals surface area contributed by atoms with Crippen molar-refractivity contribution in [2.75, 3.05) is 34.4 Å². The number of ketones is 1. The number of ether oxygens (including phenoxy) is 2. The highest BCUT2D eigenvalue weighted by Crippen LogP contribution is 2.34. The van der Waals surface area contributed by atoms with Crippen LogP contribution in [0, 0.1) is 11.7 Å². The standard InChI is InChI=1S/C26H28FN5O3/c1-31(2)9-10-32-22-14-16(21-15-28-29-26(21)34-3)4-6-20(22)24(30-32)25(33)17-8-11-35-23-7-5-19(27)13-18(23)12-17/h4-7,13-15,17H,8-12H2,1-3H3,(H,28,29). The summed E-state index contributed by atoms with van der Waals surface area (Å²) in [6, 6.07) is 10.4. The first-order chi connectivity index (χ1) is 16.9. The van der Waals surface area contributed by atoms with Crippen LogP contribution in [-0.4, -0.2) is 65.0 Å². The minimum Gasteiger partial charge on any atom is -0.493 e. The van der Waals surface area contributed by atoms with Gasteiger partial charge in [0.15, 0.2) is 5.78 Å². The summed E-state index contributed by atoms with van der Waals surface area (Å²) < 4.78 is 26.9. The van der Waals surface area contributed by atoms with Crippen molar-refractivity contribution in [2.24, 2.45) is 5.92 Å². The molecule has 2 aromatic heterocycles. The summed E-state index contributed by atoms with van der Waals surface area (Å²) in [6.45, 7) is 1.80. The zero-order valence-electron chi connectivity index (χ0n) is 20.0. The van der Waals surface area contributed by atoms with Crippen molar-refractivity contribution >= 4 is 16.7 Å². The van der Waals surface area contributed by atoms with E-state index in [9.17, 15) is 9.18 Å². The average Bonchev–Trinajstić information content (AvgIpc) is 3.41. The molecular weight excluding hydrogens is 449 g/mol. The molecule has 5 rings (SSSR count). The number of Topliss-reactive ketones (excluding diaryl/α,β-unsaturated/α-hetero) is 1. The van der Waals surface area contributed by atoms with E-state index in [1.54, 1.807) is 19.4 Å². The van der Waals surface area contributed by atoms with E-state index in [1.807, 2.05) is 37.0 Å². The number of nitrogens with zero attached hydrogens (tertiary/aromatic N) is 4. The van der Waals surface area contributed by atoms with Gasteiger partial charge in [0.2, 0.25) is 5.88 Å². The topological polar surface area (TPSA) is 85.3 Å². The lowest BCUT2D eigenvalue weighted by atomic mass is 9.90. The molecule has 0 amide bonds. The molecule has 0 spiro atoms. The fourth-order valence-corrected chi connectivity index (χ4v) is 4.57. The molecule has 3 heterocycles. The molecular formula is C26H28FN5O3. The number of fused-ring (bicyclic) bond motifs is 2. The number of H-pyrrole nitrogens is 1. The van der Waals surface area contributed by atoms with Crippen molar-refractivity contribution in [3.8, 4) is 22.8 Å². The first kappa shape index (κ1) is 23.0. The van der Waals surface area contributed by atoms with Gasteiger partial charge in [0.1, 0.15) is 17.3 Å². The SMILES string of the molecule is COc1[nH]ncc1-c1ccc2c(C(=O)C3CCOc4ccc(F)cc4C3)nn(CCN(C)C)c2c1. The second-order valence-electron chi connectivity index (χ2n) is 9.08. The Balaban J connectivity index is 1.54. The maximum absolute atomic E-state index is 13.9. The maximum Gasteiger partial charge on any atom is 0.216 e. The van der Waals surface area contributed by atoms with Gasteiger partial charge in [-0.3, -0.25) is 9.48 Å². The molecule has 0 bridgehead atoms. The number of carbonyl (C=O) groups excluding carboxylic acids is 1. The third-order valence-corrected chi connectivity index (χ3v) is 6.45. The Morgan fingerprint density at radius 2 is 2.14 bits per heavy atom. The summed E-state index contributed by atoms with van der Waals surface area (Å²) in [5.41, 5.74) is 3.77. The molecule has 2 aromatic carbocycles. The van der Waals surface area contributed by atoms with Crippen molar-refractivity contribution < 1.29 is 18.7 Å². The number of aromatic nitrogens is 4. The third kappa shape index (κ3) is 4.51. The third-order valence-electron chi connectivity index (χ3n) is 6.45. The van der Waals surface area contributed by atoms with Crippen LogP contribution in [-0.2, 0) is 13.0 Å². The van der Waals surface area contributed by atoms with Crippen molar-refractivity contribution in [1.82, 2.24) is 24.9 Å². The number of rotatable bonds is 7. The highest BCUT2D eigenvalue weighted by Gasteiger charge is 2.29. The number of carbonyl (C=O) groups is 1. The van der Waals surface area contributed by atoms with E-state index in [0.717, 1.165) is 28.6 Å². The van der Waals surface area contributed by atoms with Gasteiger partial charge < -0.3 is 14.4 Å². The molecule has 1 atom stereocenters. The van der Waals surface area contributed by atoms with Gasteiger partial charge >= 0.3 is 0 Å². The molecule has 1 N–H and O–H groups in total. The van der Waals surface area contributed by atoms with E-state index in [0.29, 0.717) is 48.9 Å². The number of nitrogens with one attached hydrogen (secondary N) is 1. The molecule has 0 radical (unpaired) electrons. The van der Waals surface area contributed by atoms with Crippen LogP contribution >= 0.6 is 0 Å². The van der Waals surface area contributed by atoms with Gasteiger partial charge in [-0.25, -0.2) is 9.49 Å². The predicted octanol–water partition coefficient (Wildman–Crippen LogP) is 3.96. The number of benzene rings is 2. The Hall–Kier alpha value is -3.72. The lowest BCUT2D eigenvalue weighted by Gasteiger charge is -2.11. The van der Waals surface area contributed by atoms with Crippen LogP contribution in [0.2, 0.25) is 0 Å². The largest absolute Gasteiger partial charge is 0.493 e. The van der Waals surface area contributed by atoms with E-state index in [-0.39, 0.29) is 17.5 Å². The molecule has 1 unspecified atom stereocenters. The zero-order valence-corrected chi connectivity index (χ0v) is 20.0. The summed E-state index contributed by atoms with van der Waals surface area (Å²) in [6.07, 6.45) is 2.68. The number of halogens is 1. The lowest BCUT2D eigenvalue weighted by Crippen LogP contribution is -2.21. The summed E-state index contributed by atoms with van der Waals surface area (Å²) in [7, 11) is 5.59. The predicted molar refractivity (Wildman–Crippen MR) is 130 cm³/mol. The summed E-state index contributed by atoms with van der Waals surface area (Å²) in [5, 5.41) is 12.5. The summed E-state index contributed by atoms with van der Waals surface area (Å²) in [4.78, 5) is 15.8. The quantitative estimate of drug-likeness (QED) is 0.406. The highest BCUT2D eigenvalue weighted by atomic mass is 19.1. The summed E-state index contributed by atoms with van der Waals surface area (Å²) in [5.74, 6) is 0.493. The number of hydrogen-bond acceptors (Lipinski definition) is 6. The van der Waals surface area contributed by atoms with Crippen LogP contribution in [0.15, 0.2) is 42.6 Å². The minimum absolute atomic E-state index is 0.0482. The zero-order chi connectivity index (χ0) is 24.5. The first-order valence-corrected chi connectivity index (χ1v) is 11.6. The minimum atomic E-state index is -0.341. The second kappa shape index (κ2) is 9.50. The number of hydrogen-bond donors (Lipinski definition) is 1. The van der Waals surface area contributed by atoms with Crippen molar-refractivity contribution in [3.05, 3.63) is 59.7 Å². The van der Waals surface area contributed by atoms with E-state index in [4.69, 9.17) is 14.6 Å². The van der Waals surface area contributed by atoms with Gasteiger partial charge in [0.25, 0.3) is 0 Å². The molecule has 4 aromatic rings. The monoisotopic (exact) mass is 477 g/mol. The van der Waals surface area contributed by atoms with Crippen LogP contribution in [0.3, 0.4) is 0 Å². The Morgan fingerprint density at radius 3 is 2.94 bits per heavy atom. The maximum atomic E-state index is 13.9. The molecule has 182 valence electrons. The highest BCUT2D eigenvalue weighted by molar-refractivity contribution is 6.08. The second-order valence-corrected chi connectivity index (χ2v) is 9.08. The summed E-state index contributed by atoms with van der Waals surface area (Å²) >= 11 is 0. The fourth-order valence-electron chi connectivity index (χ4n) is 4.57. The Morgan fingerprint density at radius 1 is 1.29 bits per heavy atom. The van der Waals surface area contributed by atoms with Crippen LogP contribution in [0.1, 0.15) is 22.5 Å². The molecule has 8 nitrogen and oxygen atoms in total. The average molecular weight is 478 g/mol. The Kier molecular flexibility index (Phi) is 6.25. The van der Waals surface area contributed by atoms with Crippen LogP contribution < -0.4 is 9.47 Å². The van der Waals surface area contributed by atoms with E-state index < -0.39 is 0 Å². The number of aromatic amines is 1. The van der Waals surface area contributed by atoms with E-state index in [2.05, 4.69) is 15.1 Å². The fraction of sp³-hybridized carbons (Fsp3) is 0.346. The van der Waals surface area contributed by atoms with E-state index in [1.165, 1.54) is 12.1 Å². The molecule has 35 heavy (non-hydrogen) atoms. The van der Waals surface area contributed by atoms with Gasteiger partial charge in [-0.1, -0.05) is 6.07 Å². The van der Waals surface area contributed by atoms with Gasteiger partial charge in [-0.2, -0.15) is 10.2 Å². The normalized spacial score (nSPS) is 15.6. The smallest absolute Gasteiger partial charge is 0.216 e. The van der Waals surface area contributed by atoms with Gasteiger partial charge in [0, 0.05) is 17.8 Å². The van der Waals surface area contributed by atoms with Crippen molar-refractivity contribution in [1.29, 1.82) is 0 Å². The molecule has 0 saturated carbocycles. The van der Waals surface area contributed by atoms with Crippen LogP contribution in [0.4, 0.5) is 4.39 Å². The van der Waals surface area contributed by atoms with Crippen LogP contribution in [0.5, 0.6) is 11.6 Å². The van der Waals surface area contributed by atoms with Crippen molar-refractivity contribution in [2.45, 2.75) is 19.4 Å². The van der Waals surface area contributed by atoms with Gasteiger partial charge in [-0.15, -0.1) is 0 Å². The Bertz CT molecular complexity index is 1380. The van der Waals surface area contributed by atoms with Gasteiger partial charge in [-0.05, 0) is 68.4 Å². The molecule has 1 aliphatic rings. The Labute approximate surface area is 202 Å². The molecule has 1 aliphatic heterocycles. The molecule has 0 aliphatic carbocycles. The van der Waals surface area contributed by atoms with Gasteiger partial charge in [0.05, 0.1) is 37.5 Å². The van der Waals surface area contributed by atoms with Crippen LogP contribution in [0.25, 0.3) is 22.0 Å². The molecule has 0 fully saturated rings. The van der Waals surface area contributed by atoms with Crippen molar-refractivity contribution in [3.63, 3.8) is 0 Å². The lowest BCUT2D eigenvalue weighted by molar-refractivity contribution is 0.0901. The van der Waals surface area contributed by atoms with E-state index >= 15 is 0 Å². The molecule has 0 saturated heterocycles.